The van der Waals surface area contributed by atoms with Crippen LogP contribution < -0.4 is 4.74 Å². The van der Waals surface area contributed by atoms with Gasteiger partial charge in [-0.15, -0.1) is 0 Å². The van der Waals surface area contributed by atoms with Gasteiger partial charge in [0.1, 0.15) is 17.6 Å². The van der Waals surface area contributed by atoms with E-state index in [0.29, 0.717) is 40.8 Å². The molecular weight excluding hydrogens is 416 g/mol. The van der Waals surface area contributed by atoms with Crippen molar-refractivity contribution in [2.24, 2.45) is 0 Å². The topological polar surface area (TPSA) is 88.8 Å². The molecule has 31 heavy (non-hydrogen) atoms. The number of furan rings is 1. The van der Waals surface area contributed by atoms with Crippen LogP contribution in [0.2, 0.25) is 0 Å². The molecule has 2 unspecified atom stereocenters. The second-order valence-corrected chi connectivity index (χ2v) is 8.88. The van der Waals surface area contributed by atoms with Gasteiger partial charge >= 0.3 is 0 Å². The highest BCUT2D eigenvalue weighted by molar-refractivity contribution is 7.20. The average molecular weight is 434 g/mol. The summed E-state index contributed by atoms with van der Waals surface area (Å²) in [4.78, 5) is 37.2. The van der Waals surface area contributed by atoms with Crippen molar-refractivity contribution in [2.75, 3.05) is 13.1 Å². The molecular formula is C22H18N4O4S. The minimum Gasteiger partial charge on any atom is -0.463 e. The van der Waals surface area contributed by atoms with Crippen molar-refractivity contribution < 1.29 is 18.7 Å². The Hall–Kier alpha value is -3.46. The van der Waals surface area contributed by atoms with Gasteiger partial charge in [-0.3, -0.25) is 9.59 Å². The summed E-state index contributed by atoms with van der Waals surface area (Å²) in [5.74, 6) is 0.599. The fourth-order valence-corrected chi connectivity index (χ4v) is 5.38. The number of likely N-dealkylation sites (tertiary alicyclic amines) is 2. The number of thiazole rings is 1. The fraction of sp³-hybridized carbons (Fsp3) is 0.273. The van der Waals surface area contributed by atoms with Crippen molar-refractivity contribution >= 4 is 44.5 Å². The Morgan fingerprint density at radius 1 is 1.19 bits per heavy atom. The van der Waals surface area contributed by atoms with Gasteiger partial charge in [0, 0.05) is 37.7 Å². The first-order valence-electron chi connectivity index (χ1n) is 10.1. The van der Waals surface area contributed by atoms with Crippen LogP contribution in [-0.4, -0.2) is 56.8 Å². The first-order valence-corrected chi connectivity index (χ1v) is 10.9. The number of rotatable bonds is 3. The predicted molar refractivity (Wildman–Crippen MR) is 114 cm³/mol. The second-order valence-electron chi connectivity index (χ2n) is 7.89. The van der Waals surface area contributed by atoms with E-state index in [9.17, 15) is 9.59 Å². The van der Waals surface area contributed by atoms with Gasteiger partial charge in [-0.2, -0.15) is 4.98 Å². The number of pyridine rings is 1. The minimum atomic E-state index is -0.0552. The van der Waals surface area contributed by atoms with E-state index in [2.05, 4.69) is 9.97 Å². The summed E-state index contributed by atoms with van der Waals surface area (Å²) in [6.45, 7) is 2.76. The van der Waals surface area contributed by atoms with E-state index in [1.165, 1.54) is 17.6 Å². The number of amides is 2. The van der Waals surface area contributed by atoms with Gasteiger partial charge in [0.15, 0.2) is 5.65 Å². The maximum Gasteiger partial charge on any atom is 0.281 e. The molecule has 6 rings (SSSR count). The van der Waals surface area contributed by atoms with Gasteiger partial charge < -0.3 is 19.0 Å². The zero-order chi connectivity index (χ0) is 21.1. The number of hydrogen-bond acceptors (Lipinski definition) is 7. The molecule has 2 aliphatic rings. The van der Waals surface area contributed by atoms with Crippen LogP contribution in [0.15, 0.2) is 47.2 Å². The zero-order valence-corrected chi connectivity index (χ0v) is 17.5. The summed E-state index contributed by atoms with van der Waals surface area (Å²) in [5.41, 5.74) is 1.76. The summed E-state index contributed by atoms with van der Waals surface area (Å²) in [5, 5.41) is 1.24. The van der Waals surface area contributed by atoms with Crippen LogP contribution in [-0.2, 0) is 4.79 Å². The lowest BCUT2D eigenvalue weighted by Crippen LogP contribution is -2.50. The molecule has 0 saturated carbocycles. The van der Waals surface area contributed by atoms with Crippen LogP contribution in [0.25, 0.3) is 21.3 Å². The summed E-state index contributed by atoms with van der Waals surface area (Å²) >= 11 is 1.42. The van der Waals surface area contributed by atoms with E-state index in [-0.39, 0.29) is 23.9 Å². The molecule has 0 spiro atoms. The minimum absolute atomic E-state index is 0.0552. The lowest BCUT2D eigenvalue weighted by atomic mass is 10.1. The molecule has 5 heterocycles. The molecule has 0 radical (unpaired) electrons. The van der Waals surface area contributed by atoms with Crippen molar-refractivity contribution in [2.45, 2.75) is 25.4 Å². The lowest BCUT2D eigenvalue weighted by molar-refractivity contribution is -0.130. The highest BCUT2D eigenvalue weighted by Crippen LogP contribution is 2.35. The van der Waals surface area contributed by atoms with Gasteiger partial charge in [0.25, 0.3) is 11.1 Å². The number of carbonyl (C=O) groups excluding carboxylic acids is 2. The van der Waals surface area contributed by atoms with Gasteiger partial charge in [0.2, 0.25) is 5.91 Å². The Balaban J connectivity index is 1.24. The first kappa shape index (κ1) is 18.3. The number of hydrogen-bond donors (Lipinski definition) is 0. The smallest absolute Gasteiger partial charge is 0.281 e. The highest BCUT2D eigenvalue weighted by Gasteiger charge is 2.46. The number of benzene rings is 1. The van der Waals surface area contributed by atoms with Gasteiger partial charge in [-0.05, 0) is 30.7 Å². The van der Waals surface area contributed by atoms with Crippen molar-refractivity contribution in [3.63, 3.8) is 0 Å². The summed E-state index contributed by atoms with van der Waals surface area (Å²) < 4.78 is 12.5. The van der Waals surface area contributed by atoms with E-state index >= 15 is 0 Å². The molecule has 9 heteroatoms. The van der Waals surface area contributed by atoms with Crippen LogP contribution in [0, 0.1) is 0 Å². The van der Waals surface area contributed by atoms with Crippen molar-refractivity contribution in [1.82, 2.24) is 19.8 Å². The summed E-state index contributed by atoms with van der Waals surface area (Å²) in [6, 6.07) is 9.40. The largest absolute Gasteiger partial charge is 0.463 e. The van der Waals surface area contributed by atoms with E-state index in [1.807, 2.05) is 34.1 Å². The van der Waals surface area contributed by atoms with Gasteiger partial charge in [-0.25, -0.2) is 4.98 Å². The van der Waals surface area contributed by atoms with Crippen molar-refractivity contribution in [3.8, 4) is 10.9 Å². The molecule has 1 aromatic carbocycles. The second kappa shape index (κ2) is 6.78. The van der Waals surface area contributed by atoms with Crippen LogP contribution in [0.3, 0.4) is 0 Å². The fourth-order valence-electron chi connectivity index (χ4n) is 4.59. The molecule has 156 valence electrons. The monoisotopic (exact) mass is 434 g/mol. The molecule has 2 aliphatic heterocycles. The third kappa shape index (κ3) is 2.96. The molecule has 2 saturated heterocycles. The Bertz CT molecular complexity index is 1310. The quantitative estimate of drug-likeness (QED) is 0.489. The molecule has 8 nitrogen and oxygen atoms in total. The van der Waals surface area contributed by atoms with Crippen LogP contribution >= 0.6 is 11.3 Å². The number of nitrogens with zero attached hydrogens (tertiary/aromatic N) is 4. The van der Waals surface area contributed by atoms with E-state index in [1.54, 1.807) is 19.2 Å². The Labute approximate surface area is 181 Å². The maximum absolute atomic E-state index is 13.2. The molecule has 0 N–H and O–H groups in total. The predicted octanol–water partition coefficient (Wildman–Crippen LogP) is 3.68. The summed E-state index contributed by atoms with van der Waals surface area (Å²) in [7, 11) is 0. The third-order valence-corrected chi connectivity index (χ3v) is 6.92. The standard InChI is InChI=1S/C22H18N4O4S/c1-12(27)25-9-14-7-13(25)10-26(14)21(28)17-11-29-18-8-15(4-5-16(17)18)30-22-24-20-19(31-22)3-2-6-23-20/h2-6,8,11,13-14H,7,9-10H2,1H3. The molecule has 0 aliphatic carbocycles. The molecule has 2 atom stereocenters. The molecule has 2 bridgehead atoms. The normalized spacial score (nSPS) is 20.2. The highest BCUT2D eigenvalue weighted by atomic mass is 32.1. The van der Waals surface area contributed by atoms with Crippen LogP contribution in [0.4, 0.5) is 0 Å². The molecule has 3 aromatic heterocycles. The van der Waals surface area contributed by atoms with E-state index < -0.39 is 0 Å². The molecule has 4 aromatic rings. The van der Waals surface area contributed by atoms with Crippen LogP contribution in [0.1, 0.15) is 23.7 Å². The molecule has 2 fully saturated rings. The zero-order valence-electron chi connectivity index (χ0n) is 16.6. The number of aromatic nitrogens is 2. The summed E-state index contributed by atoms with van der Waals surface area (Å²) in [6.07, 6.45) is 4.05. The van der Waals surface area contributed by atoms with E-state index in [4.69, 9.17) is 9.15 Å². The van der Waals surface area contributed by atoms with Gasteiger partial charge in [0.05, 0.1) is 22.3 Å². The first-order chi connectivity index (χ1) is 15.1. The molecule has 2 amide bonds. The third-order valence-electron chi connectivity index (χ3n) is 6.03. The Morgan fingerprint density at radius 3 is 2.81 bits per heavy atom. The number of piperazine rings is 1. The maximum atomic E-state index is 13.2. The SMILES string of the molecule is CC(=O)N1CC2CC1CN2C(=O)c1coc2cc(Oc3nc4ncccc4s3)ccc12. The van der Waals surface area contributed by atoms with Gasteiger partial charge in [-0.1, -0.05) is 11.3 Å². The van der Waals surface area contributed by atoms with Crippen molar-refractivity contribution in [3.05, 3.63) is 48.4 Å². The van der Waals surface area contributed by atoms with E-state index in [0.717, 1.165) is 16.5 Å². The average Bonchev–Trinajstić information content (AvgIpc) is 3.53. The lowest BCUT2D eigenvalue weighted by Gasteiger charge is -2.33. The van der Waals surface area contributed by atoms with Crippen LogP contribution in [0.5, 0.6) is 10.9 Å². The number of fused-ring (bicyclic) bond motifs is 4. The number of ether oxygens (including phenoxy) is 1. The Kier molecular flexibility index (Phi) is 4.01. The Morgan fingerprint density at radius 2 is 2.03 bits per heavy atom. The van der Waals surface area contributed by atoms with Crippen molar-refractivity contribution in [1.29, 1.82) is 0 Å². The number of carbonyl (C=O) groups is 2.